The lowest BCUT2D eigenvalue weighted by Gasteiger charge is -2.23. The molecule has 0 saturated carbocycles. The van der Waals surface area contributed by atoms with E-state index in [-0.39, 0.29) is 11.8 Å². The molecular formula is C9H9ClFNO. The summed E-state index contributed by atoms with van der Waals surface area (Å²) in [5.74, 6) is -0.180. The Kier molecular flexibility index (Phi) is 2.14. The average molecular weight is 202 g/mol. The highest BCUT2D eigenvalue weighted by molar-refractivity contribution is 6.30. The third kappa shape index (κ3) is 1.49. The summed E-state index contributed by atoms with van der Waals surface area (Å²) in [6.45, 7) is 0.465. The van der Waals surface area contributed by atoms with Crippen molar-refractivity contribution >= 4 is 11.6 Å². The van der Waals surface area contributed by atoms with Crippen LogP contribution in [0.2, 0.25) is 5.02 Å². The van der Waals surface area contributed by atoms with Crippen molar-refractivity contribution in [1.82, 2.24) is 0 Å². The molecule has 0 amide bonds. The lowest BCUT2D eigenvalue weighted by molar-refractivity contribution is 0.255. The van der Waals surface area contributed by atoms with Crippen LogP contribution in [0.4, 0.5) is 4.39 Å². The van der Waals surface area contributed by atoms with Crippen molar-refractivity contribution in [3.8, 4) is 5.75 Å². The fraction of sp³-hybridized carbons (Fsp3) is 0.333. The van der Waals surface area contributed by atoms with Gasteiger partial charge in [0.25, 0.3) is 0 Å². The molecule has 0 bridgehead atoms. The highest BCUT2D eigenvalue weighted by atomic mass is 35.5. The van der Waals surface area contributed by atoms with Crippen LogP contribution in [0.1, 0.15) is 18.0 Å². The monoisotopic (exact) mass is 201 g/mol. The topological polar surface area (TPSA) is 35.2 Å². The van der Waals surface area contributed by atoms with Crippen LogP contribution in [0.25, 0.3) is 0 Å². The van der Waals surface area contributed by atoms with E-state index in [0.29, 0.717) is 23.6 Å². The van der Waals surface area contributed by atoms with Crippen LogP contribution in [0, 0.1) is 5.82 Å². The van der Waals surface area contributed by atoms with Gasteiger partial charge in [-0.05, 0) is 12.1 Å². The lowest BCUT2D eigenvalue weighted by atomic mass is 10.0. The number of hydrogen-bond acceptors (Lipinski definition) is 2. The molecule has 1 atom stereocenters. The standard InChI is InChI=1S/C9H9ClFNO/c10-5-3-6-8(12)1-2-13-9(6)7(11)4-5/h3-4,8H,1-2,12H2. The van der Waals surface area contributed by atoms with Crippen LogP contribution in [-0.4, -0.2) is 6.61 Å². The van der Waals surface area contributed by atoms with Crippen molar-refractivity contribution in [1.29, 1.82) is 0 Å². The fourth-order valence-electron chi connectivity index (χ4n) is 1.45. The van der Waals surface area contributed by atoms with Gasteiger partial charge in [-0.1, -0.05) is 11.6 Å². The molecule has 70 valence electrons. The number of benzene rings is 1. The third-order valence-corrected chi connectivity index (χ3v) is 2.33. The number of rotatable bonds is 0. The Morgan fingerprint density at radius 2 is 2.31 bits per heavy atom. The van der Waals surface area contributed by atoms with E-state index < -0.39 is 5.82 Å². The first-order valence-electron chi connectivity index (χ1n) is 4.06. The predicted octanol–water partition coefficient (Wildman–Crippen LogP) is 2.26. The van der Waals surface area contributed by atoms with Gasteiger partial charge in [0.2, 0.25) is 0 Å². The van der Waals surface area contributed by atoms with Crippen LogP contribution >= 0.6 is 11.6 Å². The molecule has 1 aromatic carbocycles. The van der Waals surface area contributed by atoms with Crippen LogP contribution in [0.5, 0.6) is 5.75 Å². The number of nitrogens with two attached hydrogens (primary N) is 1. The first-order chi connectivity index (χ1) is 6.18. The summed E-state index contributed by atoms with van der Waals surface area (Å²) in [6.07, 6.45) is 0.701. The zero-order chi connectivity index (χ0) is 9.42. The van der Waals surface area contributed by atoms with E-state index >= 15 is 0 Å². The predicted molar refractivity (Wildman–Crippen MR) is 48.5 cm³/mol. The molecular weight excluding hydrogens is 193 g/mol. The molecule has 13 heavy (non-hydrogen) atoms. The van der Waals surface area contributed by atoms with E-state index in [2.05, 4.69) is 0 Å². The van der Waals surface area contributed by atoms with E-state index in [1.807, 2.05) is 0 Å². The second-order valence-electron chi connectivity index (χ2n) is 3.05. The van der Waals surface area contributed by atoms with E-state index in [0.717, 1.165) is 0 Å². The van der Waals surface area contributed by atoms with Gasteiger partial charge in [-0.3, -0.25) is 0 Å². The van der Waals surface area contributed by atoms with Gasteiger partial charge in [0.05, 0.1) is 6.61 Å². The summed E-state index contributed by atoms with van der Waals surface area (Å²) in [5, 5.41) is 0.359. The molecule has 4 heteroatoms. The average Bonchev–Trinajstić information content (AvgIpc) is 2.07. The quantitative estimate of drug-likeness (QED) is 0.699. The first-order valence-corrected chi connectivity index (χ1v) is 4.43. The van der Waals surface area contributed by atoms with Crippen molar-refractivity contribution in [2.75, 3.05) is 6.61 Å². The van der Waals surface area contributed by atoms with Crippen molar-refractivity contribution in [3.63, 3.8) is 0 Å². The van der Waals surface area contributed by atoms with Crippen molar-refractivity contribution < 1.29 is 9.13 Å². The van der Waals surface area contributed by atoms with Crippen LogP contribution in [0.3, 0.4) is 0 Å². The number of hydrogen-bond donors (Lipinski definition) is 1. The molecule has 1 aliphatic rings. The molecule has 0 aromatic heterocycles. The van der Waals surface area contributed by atoms with Crippen LogP contribution in [-0.2, 0) is 0 Å². The zero-order valence-electron chi connectivity index (χ0n) is 6.89. The summed E-state index contributed by atoms with van der Waals surface area (Å²) in [5.41, 5.74) is 6.44. The molecule has 0 saturated heterocycles. The van der Waals surface area contributed by atoms with E-state index in [4.69, 9.17) is 22.1 Å². The SMILES string of the molecule is NC1CCOc2c(F)cc(Cl)cc21. The summed E-state index contributed by atoms with van der Waals surface area (Å²) in [4.78, 5) is 0. The Balaban J connectivity index is 2.56. The van der Waals surface area contributed by atoms with Gasteiger partial charge >= 0.3 is 0 Å². The van der Waals surface area contributed by atoms with Gasteiger partial charge in [-0.2, -0.15) is 0 Å². The largest absolute Gasteiger partial charge is 0.490 e. The molecule has 0 aliphatic carbocycles. The Hall–Kier alpha value is -0.800. The van der Waals surface area contributed by atoms with Crippen LogP contribution < -0.4 is 10.5 Å². The Labute approximate surface area is 80.4 Å². The maximum Gasteiger partial charge on any atom is 0.166 e. The minimum absolute atomic E-state index is 0.169. The molecule has 0 fully saturated rings. The second-order valence-corrected chi connectivity index (χ2v) is 3.49. The Bertz CT molecular complexity index is 343. The van der Waals surface area contributed by atoms with Crippen molar-refractivity contribution in [2.24, 2.45) is 5.73 Å². The van der Waals surface area contributed by atoms with E-state index in [9.17, 15) is 4.39 Å². The van der Waals surface area contributed by atoms with Crippen molar-refractivity contribution in [3.05, 3.63) is 28.5 Å². The third-order valence-electron chi connectivity index (χ3n) is 2.11. The summed E-state index contributed by atoms with van der Waals surface area (Å²) in [7, 11) is 0. The number of ether oxygens (including phenoxy) is 1. The summed E-state index contributed by atoms with van der Waals surface area (Å²) in [6, 6.07) is 2.72. The van der Waals surface area contributed by atoms with E-state index in [1.165, 1.54) is 6.07 Å². The van der Waals surface area contributed by atoms with Gasteiger partial charge in [0, 0.05) is 23.0 Å². The van der Waals surface area contributed by atoms with Crippen LogP contribution in [0.15, 0.2) is 12.1 Å². The Morgan fingerprint density at radius 3 is 3.08 bits per heavy atom. The molecule has 0 radical (unpaired) electrons. The Morgan fingerprint density at radius 1 is 1.54 bits per heavy atom. The maximum absolute atomic E-state index is 13.2. The highest BCUT2D eigenvalue weighted by Crippen LogP contribution is 2.35. The minimum atomic E-state index is -0.433. The molecule has 2 nitrogen and oxygen atoms in total. The normalized spacial score (nSPS) is 20.7. The lowest BCUT2D eigenvalue weighted by Crippen LogP contribution is -2.21. The van der Waals surface area contributed by atoms with Crippen molar-refractivity contribution in [2.45, 2.75) is 12.5 Å². The minimum Gasteiger partial charge on any atom is -0.490 e. The van der Waals surface area contributed by atoms with Gasteiger partial charge < -0.3 is 10.5 Å². The molecule has 0 spiro atoms. The maximum atomic E-state index is 13.2. The number of halogens is 2. The second kappa shape index (κ2) is 3.16. The molecule has 2 rings (SSSR count). The summed E-state index contributed by atoms with van der Waals surface area (Å²) >= 11 is 5.70. The first kappa shape index (κ1) is 8.78. The van der Waals surface area contributed by atoms with Gasteiger partial charge in [0.15, 0.2) is 11.6 Å². The molecule has 1 aliphatic heterocycles. The highest BCUT2D eigenvalue weighted by Gasteiger charge is 2.21. The molecule has 1 heterocycles. The molecule has 2 N–H and O–H groups in total. The summed E-state index contributed by atoms with van der Waals surface area (Å²) < 4.78 is 18.4. The van der Waals surface area contributed by atoms with Gasteiger partial charge in [-0.15, -0.1) is 0 Å². The molecule has 1 aromatic rings. The number of fused-ring (bicyclic) bond motifs is 1. The fourth-order valence-corrected chi connectivity index (χ4v) is 1.66. The van der Waals surface area contributed by atoms with Gasteiger partial charge in [-0.25, -0.2) is 4.39 Å². The van der Waals surface area contributed by atoms with E-state index in [1.54, 1.807) is 6.07 Å². The van der Waals surface area contributed by atoms with Gasteiger partial charge in [0.1, 0.15) is 0 Å². The smallest absolute Gasteiger partial charge is 0.166 e. The molecule has 1 unspecified atom stereocenters. The zero-order valence-corrected chi connectivity index (χ0v) is 7.64.